The molecular formula is C25H33N3OS. The van der Waals surface area contributed by atoms with Gasteiger partial charge in [0.2, 0.25) is 5.91 Å². The number of nitrogens with zero attached hydrogens (tertiary/aromatic N) is 2. The van der Waals surface area contributed by atoms with E-state index in [0.29, 0.717) is 0 Å². The molecule has 2 N–H and O–H groups in total. The van der Waals surface area contributed by atoms with Crippen molar-refractivity contribution in [2.75, 3.05) is 31.1 Å². The standard InChI is InChI=1S/C25H33N3OS/c1-19-6-7-22(18-20(19)2)21-8-10-23(11-9-21)27-14-16-28(17-15-27)30-25(24(26)29)12-4-3-5-13-25/h6-11,18H,3-5,12-17H2,1-2H3,(H2,26,29). The Balaban J connectivity index is 1.37. The number of nitrogens with two attached hydrogens (primary N) is 1. The monoisotopic (exact) mass is 423 g/mol. The van der Waals surface area contributed by atoms with E-state index in [4.69, 9.17) is 5.73 Å². The van der Waals surface area contributed by atoms with Crippen LogP contribution in [0, 0.1) is 13.8 Å². The Morgan fingerprint density at radius 2 is 1.50 bits per heavy atom. The second kappa shape index (κ2) is 9.03. The van der Waals surface area contributed by atoms with Crippen LogP contribution in [0.4, 0.5) is 5.69 Å². The third-order valence-electron chi connectivity index (χ3n) is 6.73. The Morgan fingerprint density at radius 3 is 2.10 bits per heavy atom. The first-order valence-corrected chi connectivity index (χ1v) is 11.9. The van der Waals surface area contributed by atoms with Gasteiger partial charge in [-0.05, 0) is 61.1 Å². The highest BCUT2D eigenvalue weighted by Gasteiger charge is 2.41. The maximum Gasteiger partial charge on any atom is 0.235 e. The van der Waals surface area contributed by atoms with E-state index < -0.39 is 0 Å². The van der Waals surface area contributed by atoms with Crippen molar-refractivity contribution < 1.29 is 4.79 Å². The van der Waals surface area contributed by atoms with Gasteiger partial charge in [0, 0.05) is 31.9 Å². The van der Waals surface area contributed by atoms with Crippen LogP contribution >= 0.6 is 11.9 Å². The molecule has 5 heteroatoms. The molecule has 1 aliphatic carbocycles. The zero-order chi connectivity index (χ0) is 21.1. The number of carbonyl (C=O) groups excluding carboxylic acids is 1. The Hall–Kier alpha value is -1.98. The summed E-state index contributed by atoms with van der Waals surface area (Å²) in [5.41, 5.74) is 12.3. The summed E-state index contributed by atoms with van der Waals surface area (Å²) in [5, 5.41) is 0. The minimum absolute atomic E-state index is 0.128. The molecular weight excluding hydrogens is 390 g/mol. The number of piperazine rings is 1. The largest absolute Gasteiger partial charge is 0.369 e. The molecule has 2 aromatic carbocycles. The van der Waals surface area contributed by atoms with E-state index in [1.807, 2.05) is 0 Å². The number of anilines is 1. The van der Waals surface area contributed by atoms with Crippen molar-refractivity contribution in [2.24, 2.45) is 5.73 Å². The van der Waals surface area contributed by atoms with Crippen molar-refractivity contribution in [1.29, 1.82) is 0 Å². The van der Waals surface area contributed by atoms with Crippen LogP contribution in [-0.2, 0) is 4.79 Å². The van der Waals surface area contributed by atoms with Crippen LogP contribution in [-0.4, -0.2) is 41.1 Å². The molecule has 0 bridgehead atoms. The number of rotatable bonds is 5. The molecule has 0 radical (unpaired) electrons. The van der Waals surface area contributed by atoms with Crippen molar-refractivity contribution in [3.8, 4) is 11.1 Å². The lowest BCUT2D eigenvalue weighted by molar-refractivity contribution is -0.121. The van der Waals surface area contributed by atoms with Gasteiger partial charge in [0.05, 0.1) is 0 Å². The highest BCUT2D eigenvalue weighted by atomic mass is 32.2. The summed E-state index contributed by atoms with van der Waals surface area (Å²) in [6.45, 7) is 8.19. The molecule has 1 saturated carbocycles. The summed E-state index contributed by atoms with van der Waals surface area (Å²) in [6, 6.07) is 15.6. The summed E-state index contributed by atoms with van der Waals surface area (Å²) < 4.78 is 1.99. The second-order valence-electron chi connectivity index (χ2n) is 8.77. The van der Waals surface area contributed by atoms with Crippen molar-refractivity contribution >= 4 is 23.5 Å². The van der Waals surface area contributed by atoms with E-state index in [2.05, 4.69) is 65.5 Å². The lowest BCUT2D eigenvalue weighted by Crippen LogP contribution is -2.49. The Morgan fingerprint density at radius 1 is 0.867 bits per heavy atom. The summed E-state index contributed by atoms with van der Waals surface area (Å²) in [6.07, 6.45) is 5.30. The van der Waals surface area contributed by atoms with Gasteiger partial charge in [0.15, 0.2) is 0 Å². The first-order chi connectivity index (χ1) is 14.5. The van der Waals surface area contributed by atoms with Crippen molar-refractivity contribution in [3.05, 3.63) is 53.6 Å². The average Bonchev–Trinajstić information content (AvgIpc) is 2.77. The molecule has 1 aliphatic heterocycles. The van der Waals surface area contributed by atoms with Crippen molar-refractivity contribution in [2.45, 2.75) is 50.7 Å². The second-order valence-corrected chi connectivity index (χ2v) is 10.3. The molecule has 1 saturated heterocycles. The van der Waals surface area contributed by atoms with Gasteiger partial charge < -0.3 is 10.6 Å². The number of hydrogen-bond donors (Lipinski definition) is 1. The zero-order valence-electron chi connectivity index (χ0n) is 18.2. The predicted molar refractivity (Wildman–Crippen MR) is 128 cm³/mol. The molecule has 0 unspecified atom stereocenters. The fourth-order valence-electron chi connectivity index (χ4n) is 4.58. The Kier molecular flexibility index (Phi) is 6.40. The number of amides is 1. The summed E-state index contributed by atoms with van der Waals surface area (Å²) in [4.78, 5) is 14.6. The Labute approximate surface area is 185 Å². The first kappa shape index (κ1) is 21.3. The average molecular weight is 424 g/mol. The van der Waals surface area contributed by atoms with Crippen LogP contribution in [0.5, 0.6) is 0 Å². The molecule has 0 atom stereocenters. The Bertz CT molecular complexity index is 882. The summed E-state index contributed by atoms with van der Waals surface area (Å²) in [5.74, 6) is -0.128. The molecule has 0 spiro atoms. The van der Waals surface area contributed by atoms with Crippen LogP contribution in [0.15, 0.2) is 42.5 Å². The van der Waals surface area contributed by atoms with Gasteiger partial charge in [-0.15, -0.1) is 0 Å². The van der Waals surface area contributed by atoms with Crippen LogP contribution in [0.2, 0.25) is 0 Å². The maximum absolute atomic E-state index is 12.2. The molecule has 2 aliphatic rings. The van der Waals surface area contributed by atoms with E-state index >= 15 is 0 Å². The van der Waals surface area contributed by atoms with Crippen LogP contribution < -0.4 is 10.6 Å². The van der Waals surface area contributed by atoms with E-state index in [1.54, 1.807) is 11.9 Å². The smallest absolute Gasteiger partial charge is 0.235 e. The number of carbonyl (C=O) groups is 1. The maximum atomic E-state index is 12.2. The van der Waals surface area contributed by atoms with Crippen LogP contribution in [0.1, 0.15) is 43.2 Å². The van der Waals surface area contributed by atoms with Gasteiger partial charge in [0.1, 0.15) is 4.75 Å². The lowest BCUT2D eigenvalue weighted by Gasteiger charge is -2.41. The third kappa shape index (κ3) is 4.52. The van der Waals surface area contributed by atoms with E-state index in [0.717, 1.165) is 51.9 Å². The zero-order valence-corrected chi connectivity index (χ0v) is 19.0. The topological polar surface area (TPSA) is 49.6 Å². The normalized spacial score (nSPS) is 19.6. The molecule has 30 heavy (non-hydrogen) atoms. The highest BCUT2D eigenvalue weighted by molar-refractivity contribution is 7.99. The number of primary amides is 1. The summed E-state index contributed by atoms with van der Waals surface area (Å²) >= 11 is 1.73. The molecule has 1 amide bonds. The summed E-state index contributed by atoms with van der Waals surface area (Å²) in [7, 11) is 0. The van der Waals surface area contributed by atoms with Crippen molar-refractivity contribution in [3.63, 3.8) is 0 Å². The van der Waals surface area contributed by atoms with E-state index in [1.165, 1.54) is 34.4 Å². The van der Waals surface area contributed by atoms with Gasteiger partial charge in [-0.3, -0.25) is 4.79 Å². The molecule has 2 aromatic rings. The lowest BCUT2D eigenvalue weighted by atomic mass is 9.88. The predicted octanol–water partition coefficient (Wildman–Crippen LogP) is 4.93. The van der Waals surface area contributed by atoms with Crippen LogP contribution in [0.3, 0.4) is 0 Å². The van der Waals surface area contributed by atoms with Crippen LogP contribution in [0.25, 0.3) is 11.1 Å². The minimum atomic E-state index is -0.381. The van der Waals surface area contributed by atoms with Gasteiger partial charge in [0.25, 0.3) is 0 Å². The minimum Gasteiger partial charge on any atom is -0.369 e. The fraction of sp³-hybridized carbons (Fsp3) is 0.480. The van der Waals surface area contributed by atoms with Gasteiger partial charge >= 0.3 is 0 Å². The van der Waals surface area contributed by atoms with Gasteiger partial charge in [-0.1, -0.05) is 61.5 Å². The SMILES string of the molecule is Cc1ccc(-c2ccc(N3CCN(SC4(C(N)=O)CCCCC4)CC3)cc2)cc1C. The highest BCUT2D eigenvalue weighted by Crippen LogP contribution is 2.42. The molecule has 2 fully saturated rings. The molecule has 4 nitrogen and oxygen atoms in total. The van der Waals surface area contributed by atoms with E-state index in [-0.39, 0.29) is 10.7 Å². The fourth-order valence-corrected chi connectivity index (χ4v) is 5.98. The molecule has 0 aromatic heterocycles. The number of hydrogen-bond acceptors (Lipinski definition) is 4. The van der Waals surface area contributed by atoms with Gasteiger partial charge in [-0.25, -0.2) is 4.31 Å². The molecule has 4 rings (SSSR count). The number of aryl methyl sites for hydroxylation is 2. The third-order valence-corrected chi connectivity index (χ3v) is 8.31. The quantitative estimate of drug-likeness (QED) is 0.693. The molecule has 160 valence electrons. The first-order valence-electron chi connectivity index (χ1n) is 11.1. The van der Waals surface area contributed by atoms with Gasteiger partial charge in [-0.2, -0.15) is 0 Å². The molecule has 1 heterocycles. The number of benzene rings is 2. The van der Waals surface area contributed by atoms with E-state index in [9.17, 15) is 4.79 Å². The van der Waals surface area contributed by atoms with Crippen molar-refractivity contribution in [1.82, 2.24) is 4.31 Å².